The van der Waals surface area contributed by atoms with Gasteiger partial charge in [0.15, 0.2) is 5.58 Å². The van der Waals surface area contributed by atoms with Crippen LogP contribution in [0.4, 0.5) is 17.1 Å². The van der Waals surface area contributed by atoms with E-state index >= 15 is 0 Å². The largest absolute Gasteiger partial charge is 0.454 e. The van der Waals surface area contributed by atoms with Crippen molar-refractivity contribution < 1.29 is 4.42 Å². The molecule has 2 heteroatoms. The highest BCUT2D eigenvalue weighted by Gasteiger charge is 2.38. The van der Waals surface area contributed by atoms with Crippen LogP contribution in [-0.2, 0) is 10.8 Å². The van der Waals surface area contributed by atoms with Crippen LogP contribution in [-0.4, -0.2) is 0 Å². The first-order valence-electron chi connectivity index (χ1n) is 21.1. The first kappa shape index (κ1) is 34.8. The Bertz CT molecular complexity index is 3370. The number of fused-ring (bicyclic) bond motifs is 8. The molecular formula is C58H43NO. The number of para-hydroxylation sites is 2. The van der Waals surface area contributed by atoms with Crippen molar-refractivity contribution in [2.45, 2.75) is 38.5 Å². The van der Waals surface area contributed by atoms with Gasteiger partial charge in [0.2, 0.25) is 0 Å². The van der Waals surface area contributed by atoms with Gasteiger partial charge in [-0.05, 0) is 114 Å². The molecule has 0 fully saturated rings. The molecule has 0 radical (unpaired) electrons. The lowest BCUT2D eigenvalue weighted by molar-refractivity contribution is 0.645. The minimum Gasteiger partial charge on any atom is -0.454 e. The lowest BCUT2D eigenvalue weighted by Crippen LogP contribution is -2.24. The topological polar surface area (TPSA) is 16.4 Å². The Morgan fingerprint density at radius 1 is 0.400 bits per heavy atom. The molecule has 286 valence electrons. The molecule has 0 saturated heterocycles. The van der Waals surface area contributed by atoms with Crippen molar-refractivity contribution in [3.05, 3.63) is 210 Å². The van der Waals surface area contributed by atoms with E-state index in [9.17, 15) is 0 Å². The Morgan fingerprint density at radius 3 is 1.90 bits per heavy atom. The van der Waals surface area contributed by atoms with E-state index in [0.717, 1.165) is 39.0 Å². The fourth-order valence-corrected chi connectivity index (χ4v) is 10.6. The van der Waals surface area contributed by atoms with Gasteiger partial charge in [0.25, 0.3) is 0 Å². The van der Waals surface area contributed by atoms with Gasteiger partial charge < -0.3 is 9.32 Å². The molecule has 0 N–H and O–H groups in total. The number of hydrogen-bond acceptors (Lipinski definition) is 2. The minimum atomic E-state index is -0.221. The molecule has 2 aliphatic carbocycles. The molecule has 0 bridgehead atoms. The highest BCUT2D eigenvalue weighted by molar-refractivity contribution is 6.14. The molecular weight excluding hydrogens is 727 g/mol. The summed E-state index contributed by atoms with van der Waals surface area (Å²) in [5, 5.41) is 4.77. The second-order valence-electron chi connectivity index (χ2n) is 17.7. The van der Waals surface area contributed by atoms with E-state index in [1.807, 2.05) is 0 Å². The summed E-state index contributed by atoms with van der Waals surface area (Å²) in [7, 11) is 0. The predicted molar refractivity (Wildman–Crippen MR) is 252 cm³/mol. The van der Waals surface area contributed by atoms with Crippen LogP contribution in [0.15, 0.2) is 192 Å². The average Bonchev–Trinajstić information content (AvgIpc) is 3.78. The van der Waals surface area contributed by atoms with E-state index in [4.69, 9.17) is 4.42 Å². The van der Waals surface area contributed by atoms with E-state index < -0.39 is 0 Å². The Kier molecular flexibility index (Phi) is 7.36. The van der Waals surface area contributed by atoms with Gasteiger partial charge in [-0.1, -0.05) is 173 Å². The van der Waals surface area contributed by atoms with Gasteiger partial charge in [-0.2, -0.15) is 0 Å². The molecule has 60 heavy (non-hydrogen) atoms. The van der Waals surface area contributed by atoms with Crippen LogP contribution in [0.25, 0.3) is 77.2 Å². The van der Waals surface area contributed by atoms with E-state index in [2.05, 4.69) is 221 Å². The molecule has 0 unspecified atom stereocenters. The van der Waals surface area contributed by atoms with Crippen LogP contribution < -0.4 is 4.90 Å². The molecule has 1 heterocycles. The van der Waals surface area contributed by atoms with E-state index in [1.54, 1.807) is 0 Å². The highest BCUT2D eigenvalue weighted by Crippen LogP contribution is 2.56. The molecule has 0 amide bonds. The molecule has 10 aromatic rings. The van der Waals surface area contributed by atoms with Crippen molar-refractivity contribution in [2.24, 2.45) is 0 Å². The first-order chi connectivity index (χ1) is 29.3. The van der Waals surface area contributed by atoms with Crippen molar-refractivity contribution in [3.63, 3.8) is 0 Å². The Balaban J connectivity index is 1.12. The highest BCUT2D eigenvalue weighted by atomic mass is 16.3. The predicted octanol–water partition coefficient (Wildman–Crippen LogP) is 16.2. The summed E-state index contributed by atoms with van der Waals surface area (Å²) in [6, 6.07) is 69.3. The number of anilines is 3. The van der Waals surface area contributed by atoms with Gasteiger partial charge in [0.05, 0.1) is 11.4 Å². The van der Waals surface area contributed by atoms with Gasteiger partial charge in [-0.3, -0.25) is 0 Å². The van der Waals surface area contributed by atoms with Crippen molar-refractivity contribution in [2.75, 3.05) is 4.90 Å². The van der Waals surface area contributed by atoms with Crippen molar-refractivity contribution in [1.82, 2.24) is 0 Å². The number of nitrogens with zero attached hydrogens (tertiary/aromatic N) is 1. The summed E-state index contributed by atoms with van der Waals surface area (Å²) < 4.78 is 6.81. The number of hydrogen-bond donors (Lipinski definition) is 0. The first-order valence-corrected chi connectivity index (χ1v) is 21.1. The summed E-state index contributed by atoms with van der Waals surface area (Å²) in [6.07, 6.45) is 0. The summed E-state index contributed by atoms with van der Waals surface area (Å²) in [4.78, 5) is 2.44. The number of benzene rings is 9. The second-order valence-corrected chi connectivity index (χ2v) is 17.7. The van der Waals surface area contributed by atoms with Crippen molar-refractivity contribution in [3.8, 4) is 44.5 Å². The normalized spacial score (nSPS) is 14.3. The van der Waals surface area contributed by atoms with Gasteiger partial charge in [-0.15, -0.1) is 0 Å². The molecule has 2 aliphatic rings. The SMILES string of the molecule is CC1(C)c2ccccc2-c2ccc(-c3ccc4c(c3)-c3c(N(c5ccc(-c6ccccc6)cc5)c5cccc6c5oc5ccccc56)ccc5cccc(c35)C4(C)C)cc21. The average molecular weight is 770 g/mol. The fourth-order valence-electron chi connectivity index (χ4n) is 10.6. The lowest BCUT2D eigenvalue weighted by atomic mass is 9.67. The van der Waals surface area contributed by atoms with Gasteiger partial charge in [-0.25, -0.2) is 0 Å². The molecule has 0 atom stereocenters. The zero-order valence-electron chi connectivity index (χ0n) is 34.3. The summed E-state index contributed by atoms with van der Waals surface area (Å²) in [5.74, 6) is 0. The third-order valence-electron chi connectivity index (χ3n) is 13.7. The van der Waals surface area contributed by atoms with Crippen LogP contribution in [0.3, 0.4) is 0 Å². The van der Waals surface area contributed by atoms with Crippen LogP contribution in [0, 0.1) is 0 Å². The van der Waals surface area contributed by atoms with Crippen LogP contribution in [0.5, 0.6) is 0 Å². The van der Waals surface area contributed by atoms with Gasteiger partial charge >= 0.3 is 0 Å². The molecule has 2 nitrogen and oxygen atoms in total. The Morgan fingerprint density at radius 2 is 1.03 bits per heavy atom. The molecule has 1 aromatic heterocycles. The number of rotatable bonds is 5. The third-order valence-corrected chi connectivity index (χ3v) is 13.7. The minimum absolute atomic E-state index is 0.0793. The zero-order valence-corrected chi connectivity index (χ0v) is 34.3. The van der Waals surface area contributed by atoms with E-state index in [-0.39, 0.29) is 10.8 Å². The monoisotopic (exact) mass is 769 g/mol. The maximum atomic E-state index is 6.81. The fraction of sp³-hybridized carbons (Fsp3) is 0.103. The van der Waals surface area contributed by atoms with Crippen LogP contribution in [0.1, 0.15) is 49.9 Å². The van der Waals surface area contributed by atoms with E-state index in [0.29, 0.717) is 0 Å². The zero-order chi connectivity index (χ0) is 40.3. The lowest BCUT2D eigenvalue weighted by Gasteiger charge is -2.38. The summed E-state index contributed by atoms with van der Waals surface area (Å²) in [5.41, 5.74) is 20.1. The van der Waals surface area contributed by atoms with Crippen molar-refractivity contribution >= 4 is 49.8 Å². The second kappa shape index (κ2) is 12.7. The molecule has 0 saturated carbocycles. The van der Waals surface area contributed by atoms with Gasteiger partial charge in [0.1, 0.15) is 5.58 Å². The quantitative estimate of drug-likeness (QED) is 0.173. The standard InChI is InChI=1S/C58H43NO/c1-57(2)48-32-27-39(40-26-31-43-42-17-8-10-20-47(42)58(3,4)50(43)35-40)34-46(48)55-51(33-28-38-16-12-21-49(57)54(38)55)59(41-29-24-37(25-30-41)36-14-6-5-7-15-36)52-22-13-19-45-44-18-9-11-23-53(44)60-56(45)52/h5-35H,1-4H3. The van der Waals surface area contributed by atoms with Crippen LogP contribution in [0.2, 0.25) is 0 Å². The molecule has 0 aliphatic heterocycles. The Hall–Kier alpha value is -7.16. The maximum Gasteiger partial charge on any atom is 0.159 e. The molecule has 0 spiro atoms. The number of furan rings is 1. The maximum absolute atomic E-state index is 6.81. The van der Waals surface area contributed by atoms with Crippen molar-refractivity contribution in [1.29, 1.82) is 0 Å². The Labute approximate surface area is 351 Å². The third kappa shape index (κ3) is 4.94. The smallest absolute Gasteiger partial charge is 0.159 e. The van der Waals surface area contributed by atoms with E-state index in [1.165, 1.54) is 77.5 Å². The summed E-state index contributed by atoms with van der Waals surface area (Å²) >= 11 is 0. The van der Waals surface area contributed by atoms with Crippen LogP contribution >= 0.6 is 0 Å². The molecule has 12 rings (SSSR count). The van der Waals surface area contributed by atoms with Gasteiger partial charge in [0, 0.05) is 32.9 Å². The molecule has 9 aromatic carbocycles. The summed E-state index contributed by atoms with van der Waals surface area (Å²) in [6.45, 7) is 9.51.